The van der Waals surface area contributed by atoms with Crippen LogP contribution in [0.15, 0.2) is 43.2 Å². The van der Waals surface area contributed by atoms with E-state index in [0.29, 0.717) is 33.8 Å². The summed E-state index contributed by atoms with van der Waals surface area (Å²) < 4.78 is 3.32. The van der Waals surface area contributed by atoms with Gasteiger partial charge >= 0.3 is 0 Å². The standard InChI is InChI=1S/C25H29N9O2/c1-16-21(9-19(11-26-16)30-24(35)17(2)33-7-5-4-6-8-33)31-25(36)20-12-29-34-15-22(27-13-23(20)34)18-10-28-32(3)14-18/h9-15,17H,4-8H2,1-3H3,(H,30,35)(H,31,36). The van der Waals surface area contributed by atoms with E-state index in [4.69, 9.17) is 0 Å². The molecule has 1 unspecified atom stereocenters. The summed E-state index contributed by atoms with van der Waals surface area (Å²) in [7, 11) is 1.84. The van der Waals surface area contributed by atoms with Crippen molar-refractivity contribution in [3.8, 4) is 11.3 Å². The van der Waals surface area contributed by atoms with Gasteiger partial charge in [-0.2, -0.15) is 10.2 Å². The van der Waals surface area contributed by atoms with Gasteiger partial charge in [-0.05, 0) is 45.8 Å². The zero-order valence-electron chi connectivity index (χ0n) is 20.6. The van der Waals surface area contributed by atoms with E-state index < -0.39 is 0 Å². The van der Waals surface area contributed by atoms with Gasteiger partial charge in [-0.25, -0.2) is 4.52 Å². The van der Waals surface area contributed by atoms with Crippen molar-refractivity contribution in [2.24, 2.45) is 7.05 Å². The van der Waals surface area contributed by atoms with Crippen LogP contribution >= 0.6 is 0 Å². The molecule has 0 aliphatic carbocycles. The van der Waals surface area contributed by atoms with Gasteiger partial charge in [0.05, 0.1) is 70.9 Å². The molecule has 4 aromatic rings. The molecular formula is C25H29N9O2. The van der Waals surface area contributed by atoms with Gasteiger partial charge in [-0.3, -0.25) is 29.1 Å². The maximum absolute atomic E-state index is 13.1. The molecule has 0 bridgehead atoms. The Morgan fingerprint density at radius 3 is 2.53 bits per heavy atom. The zero-order chi connectivity index (χ0) is 25.2. The molecule has 1 saturated heterocycles. The molecule has 1 atom stereocenters. The lowest BCUT2D eigenvalue weighted by molar-refractivity contribution is -0.121. The quantitative estimate of drug-likeness (QED) is 0.429. The predicted molar refractivity (Wildman–Crippen MR) is 136 cm³/mol. The zero-order valence-corrected chi connectivity index (χ0v) is 20.6. The molecule has 5 heterocycles. The van der Waals surface area contributed by atoms with Crippen LogP contribution in [0.1, 0.15) is 42.2 Å². The smallest absolute Gasteiger partial charge is 0.259 e. The first-order valence-electron chi connectivity index (χ1n) is 12.0. The minimum Gasteiger partial charge on any atom is -0.323 e. The second-order valence-corrected chi connectivity index (χ2v) is 9.14. The molecule has 0 spiro atoms. The molecule has 2 amide bonds. The molecule has 4 aromatic heterocycles. The van der Waals surface area contributed by atoms with Crippen LogP contribution in [0.5, 0.6) is 0 Å². The van der Waals surface area contributed by atoms with Crippen molar-refractivity contribution >= 4 is 28.7 Å². The predicted octanol–water partition coefficient (Wildman–Crippen LogP) is 2.90. The number of hydrogen-bond acceptors (Lipinski definition) is 7. The van der Waals surface area contributed by atoms with Crippen molar-refractivity contribution in [2.45, 2.75) is 39.2 Å². The highest BCUT2D eigenvalue weighted by atomic mass is 16.2. The molecular weight excluding hydrogens is 458 g/mol. The minimum atomic E-state index is -0.337. The van der Waals surface area contributed by atoms with Crippen LogP contribution in [0.4, 0.5) is 11.4 Å². The maximum Gasteiger partial charge on any atom is 0.259 e. The number of nitrogens with one attached hydrogen (secondary N) is 2. The third-order valence-electron chi connectivity index (χ3n) is 6.57. The number of piperidine rings is 1. The lowest BCUT2D eigenvalue weighted by Crippen LogP contribution is -2.44. The second-order valence-electron chi connectivity index (χ2n) is 9.14. The minimum absolute atomic E-state index is 0.0852. The van der Waals surface area contributed by atoms with Gasteiger partial charge < -0.3 is 10.6 Å². The first-order chi connectivity index (χ1) is 17.4. The fourth-order valence-electron chi connectivity index (χ4n) is 4.40. The molecule has 1 aliphatic rings. The third kappa shape index (κ3) is 4.82. The third-order valence-corrected chi connectivity index (χ3v) is 6.57. The molecule has 11 nitrogen and oxygen atoms in total. The van der Waals surface area contributed by atoms with E-state index in [0.717, 1.165) is 31.5 Å². The highest BCUT2D eigenvalue weighted by Crippen LogP contribution is 2.22. The van der Waals surface area contributed by atoms with Crippen molar-refractivity contribution in [3.63, 3.8) is 0 Å². The topological polar surface area (TPSA) is 122 Å². The van der Waals surface area contributed by atoms with E-state index in [-0.39, 0.29) is 17.9 Å². The van der Waals surface area contributed by atoms with Crippen LogP contribution < -0.4 is 10.6 Å². The number of fused-ring (bicyclic) bond motifs is 1. The van der Waals surface area contributed by atoms with Crippen LogP contribution in [0.25, 0.3) is 16.8 Å². The van der Waals surface area contributed by atoms with E-state index in [1.165, 1.54) is 12.6 Å². The van der Waals surface area contributed by atoms with Gasteiger partial charge in [0.25, 0.3) is 5.91 Å². The van der Waals surface area contributed by atoms with Crippen LogP contribution in [-0.2, 0) is 11.8 Å². The average Bonchev–Trinajstić information content (AvgIpc) is 3.52. The number of carbonyl (C=O) groups is 2. The van der Waals surface area contributed by atoms with Gasteiger partial charge in [0.1, 0.15) is 0 Å². The van der Waals surface area contributed by atoms with E-state index in [2.05, 4.69) is 35.7 Å². The van der Waals surface area contributed by atoms with E-state index in [1.54, 1.807) is 47.0 Å². The van der Waals surface area contributed by atoms with E-state index in [9.17, 15) is 9.59 Å². The largest absolute Gasteiger partial charge is 0.323 e. The van der Waals surface area contributed by atoms with E-state index >= 15 is 0 Å². The average molecular weight is 488 g/mol. The SMILES string of the molecule is Cc1ncc(NC(=O)C(C)N2CCCCC2)cc1NC(=O)c1cnn2cc(-c3cnn(C)c3)ncc12. The van der Waals surface area contributed by atoms with Crippen molar-refractivity contribution in [3.05, 3.63) is 54.5 Å². The first kappa shape index (κ1) is 23.6. The summed E-state index contributed by atoms with van der Waals surface area (Å²) in [6.45, 7) is 5.58. The van der Waals surface area contributed by atoms with Crippen LogP contribution in [0, 0.1) is 6.92 Å². The summed E-state index contributed by atoms with van der Waals surface area (Å²) >= 11 is 0. The fourth-order valence-corrected chi connectivity index (χ4v) is 4.40. The van der Waals surface area contributed by atoms with Gasteiger partial charge in [0.15, 0.2) is 0 Å². The number of pyridine rings is 1. The molecule has 186 valence electrons. The summed E-state index contributed by atoms with van der Waals surface area (Å²) in [5.41, 5.74) is 4.20. The Balaban J connectivity index is 1.31. The van der Waals surface area contributed by atoms with Crippen molar-refractivity contribution in [2.75, 3.05) is 23.7 Å². The molecule has 36 heavy (non-hydrogen) atoms. The number of nitrogens with zero attached hydrogens (tertiary/aromatic N) is 7. The Hall–Kier alpha value is -4.12. The summed E-state index contributed by atoms with van der Waals surface area (Å²) in [4.78, 5) is 37.0. The number of anilines is 2. The van der Waals surface area contributed by atoms with Crippen molar-refractivity contribution in [1.29, 1.82) is 0 Å². The molecule has 11 heteroatoms. The fraction of sp³-hybridized carbons (Fsp3) is 0.360. The maximum atomic E-state index is 13.1. The molecule has 0 aromatic carbocycles. The number of hydrogen-bond donors (Lipinski definition) is 2. The first-order valence-corrected chi connectivity index (χ1v) is 12.0. The van der Waals surface area contributed by atoms with Crippen LogP contribution in [0.3, 0.4) is 0 Å². The Labute approximate surface area is 208 Å². The molecule has 1 fully saturated rings. The lowest BCUT2D eigenvalue weighted by Gasteiger charge is -2.31. The van der Waals surface area contributed by atoms with Gasteiger partial charge in [-0.1, -0.05) is 6.42 Å². The molecule has 0 radical (unpaired) electrons. The normalized spacial score (nSPS) is 15.1. The van der Waals surface area contributed by atoms with Gasteiger partial charge in [-0.15, -0.1) is 0 Å². The number of rotatable bonds is 6. The highest BCUT2D eigenvalue weighted by molar-refractivity contribution is 6.09. The summed E-state index contributed by atoms with van der Waals surface area (Å²) in [6.07, 6.45) is 13.5. The van der Waals surface area contributed by atoms with Crippen molar-refractivity contribution in [1.82, 2.24) is 34.3 Å². The Morgan fingerprint density at radius 1 is 0.972 bits per heavy atom. The van der Waals surface area contributed by atoms with E-state index in [1.807, 2.05) is 20.2 Å². The molecule has 5 rings (SSSR count). The molecule has 2 N–H and O–H groups in total. The van der Waals surface area contributed by atoms with Gasteiger partial charge in [0, 0.05) is 18.8 Å². The Bertz CT molecular complexity index is 1420. The monoisotopic (exact) mass is 487 g/mol. The number of aryl methyl sites for hydroxylation is 2. The molecule has 1 aliphatic heterocycles. The summed E-state index contributed by atoms with van der Waals surface area (Å²) in [5.74, 6) is -0.422. The van der Waals surface area contributed by atoms with Gasteiger partial charge in [0.2, 0.25) is 5.91 Å². The number of likely N-dealkylation sites (tertiary alicyclic amines) is 1. The van der Waals surface area contributed by atoms with Crippen LogP contribution in [-0.4, -0.2) is 65.2 Å². The van der Waals surface area contributed by atoms with Crippen LogP contribution in [0.2, 0.25) is 0 Å². The Morgan fingerprint density at radius 2 is 1.78 bits per heavy atom. The molecule has 0 saturated carbocycles. The summed E-state index contributed by atoms with van der Waals surface area (Å²) in [6, 6.07) is 1.50. The highest BCUT2D eigenvalue weighted by Gasteiger charge is 2.23. The van der Waals surface area contributed by atoms with Crippen molar-refractivity contribution < 1.29 is 9.59 Å². The number of amides is 2. The Kier molecular flexibility index (Phi) is 6.47. The number of aromatic nitrogens is 6. The second kappa shape index (κ2) is 9.86. The number of carbonyl (C=O) groups excluding carboxylic acids is 2. The lowest BCUT2D eigenvalue weighted by atomic mass is 10.1. The summed E-state index contributed by atoms with van der Waals surface area (Å²) in [5, 5.41) is 14.3.